The van der Waals surface area contributed by atoms with Crippen molar-refractivity contribution < 1.29 is 4.65 Å². The molecule has 0 aliphatic heterocycles. The molecule has 0 aromatic carbocycles. The van der Waals surface area contributed by atoms with Crippen molar-refractivity contribution in [3.8, 4) is 0 Å². The largest absolute Gasteiger partial charge is 0.429 e. The zero-order valence-corrected chi connectivity index (χ0v) is 8.48. The van der Waals surface area contributed by atoms with Crippen molar-refractivity contribution in [1.82, 2.24) is 0 Å². The molecule has 2 N–H and O–H groups in total. The molecule has 0 aliphatic rings. The van der Waals surface area contributed by atoms with E-state index in [-0.39, 0.29) is 0 Å². The molecule has 0 aliphatic carbocycles. The third-order valence-corrected chi connectivity index (χ3v) is 1.98. The van der Waals surface area contributed by atoms with E-state index in [0.29, 0.717) is 6.73 Å². The highest BCUT2D eigenvalue weighted by molar-refractivity contribution is 9.09. The van der Waals surface area contributed by atoms with Crippen LogP contribution in [0.3, 0.4) is 0 Å². The minimum absolute atomic E-state index is 0.307. The maximum Gasteiger partial charge on any atom is 0.294 e. The van der Waals surface area contributed by atoms with E-state index in [1.807, 2.05) is 0 Å². The van der Waals surface area contributed by atoms with Gasteiger partial charge in [0.05, 0.1) is 6.73 Å². The third-order valence-electron chi connectivity index (χ3n) is 1.42. The lowest BCUT2D eigenvalue weighted by molar-refractivity contribution is 0.347. The maximum absolute atomic E-state index is 5.13. The molecule has 4 heteroatoms. The molecule has 0 saturated carbocycles. The van der Waals surface area contributed by atoms with Crippen LogP contribution in [0.25, 0.3) is 0 Å². The van der Waals surface area contributed by atoms with Crippen LogP contribution in [0.4, 0.5) is 0 Å². The smallest absolute Gasteiger partial charge is 0.294 e. The van der Waals surface area contributed by atoms with Crippen molar-refractivity contribution in [3.63, 3.8) is 0 Å². The first-order valence-electron chi connectivity index (χ1n) is 4.11. The Kier molecular flexibility index (Phi) is 10.9. The molecule has 0 spiro atoms. The van der Waals surface area contributed by atoms with Crippen LogP contribution in [0.2, 0.25) is 6.32 Å². The summed E-state index contributed by atoms with van der Waals surface area (Å²) in [6.07, 6.45) is 6.11. The van der Waals surface area contributed by atoms with Crippen LogP contribution in [-0.2, 0) is 4.65 Å². The average molecular weight is 221 g/mol. The second kappa shape index (κ2) is 10.5. The number of alkyl halides is 1. The maximum atomic E-state index is 5.13. The molecule has 0 unspecified atom stereocenters. The van der Waals surface area contributed by atoms with Crippen molar-refractivity contribution in [2.75, 3.05) is 12.1 Å². The molecule has 0 rings (SSSR count). The fourth-order valence-corrected chi connectivity index (χ4v) is 1.22. The zero-order valence-electron chi connectivity index (χ0n) is 6.89. The summed E-state index contributed by atoms with van der Waals surface area (Å²) in [5, 5.41) is 1.12. The van der Waals surface area contributed by atoms with Gasteiger partial charge in [-0.15, -0.1) is 0 Å². The molecule has 0 aromatic rings. The summed E-state index contributed by atoms with van der Waals surface area (Å²) in [6, 6.07) is 0. The molecular weight excluding hydrogens is 205 g/mol. The Bertz CT molecular complexity index is 67.5. The van der Waals surface area contributed by atoms with Gasteiger partial charge in [0, 0.05) is 5.33 Å². The molecule has 0 aromatic heterocycles. The molecule has 0 atom stereocenters. The topological polar surface area (TPSA) is 35.2 Å². The number of rotatable bonds is 8. The van der Waals surface area contributed by atoms with E-state index in [1.165, 1.54) is 25.7 Å². The van der Waals surface area contributed by atoms with Gasteiger partial charge in [-0.3, -0.25) is 0 Å². The van der Waals surface area contributed by atoms with Gasteiger partial charge in [0.1, 0.15) is 0 Å². The number of nitrogens with two attached hydrogens (primary N) is 1. The van der Waals surface area contributed by atoms with E-state index >= 15 is 0 Å². The van der Waals surface area contributed by atoms with E-state index in [9.17, 15) is 0 Å². The quantitative estimate of drug-likeness (QED) is 0.294. The Balaban J connectivity index is 2.69. The fraction of sp³-hybridized carbons (Fsp3) is 1.00. The molecule has 0 saturated heterocycles. The Morgan fingerprint density at radius 3 is 2.55 bits per heavy atom. The summed E-state index contributed by atoms with van der Waals surface area (Å²) < 4.78 is 4.88. The third kappa shape index (κ3) is 10.5. The minimum Gasteiger partial charge on any atom is -0.429 e. The zero-order chi connectivity index (χ0) is 8.36. The molecule has 0 heterocycles. The van der Waals surface area contributed by atoms with Crippen LogP contribution >= 0.6 is 15.9 Å². The highest BCUT2D eigenvalue weighted by Gasteiger charge is 1.91. The summed E-state index contributed by atoms with van der Waals surface area (Å²) in [5.74, 6) is 0. The molecule has 11 heavy (non-hydrogen) atoms. The number of hydrogen-bond acceptors (Lipinski definition) is 2. The van der Waals surface area contributed by atoms with Crippen LogP contribution in [0.5, 0.6) is 0 Å². The van der Waals surface area contributed by atoms with Crippen molar-refractivity contribution >= 4 is 23.4 Å². The molecule has 0 fully saturated rings. The van der Waals surface area contributed by atoms with E-state index in [4.69, 9.17) is 10.4 Å². The van der Waals surface area contributed by atoms with Crippen molar-refractivity contribution in [3.05, 3.63) is 0 Å². The Labute approximate surface area is 78.3 Å². The van der Waals surface area contributed by atoms with Crippen LogP contribution < -0.4 is 5.73 Å². The average Bonchev–Trinajstić information content (AvgIpc) is 2.03. The van der Waals surface area contributed by atoms with Gasteiger partial charge in [-0.25, -0.2) is 0 Å². The molecule has 1 radical (unpaired) electrons. The second-order valence-electron chi connectivity index (χ2n) is 2.39. The van der Waals surface area contributed by atoms with Gasteiger partial charge in [-0.1, -0.05) is 41.5 Å². The highest BCUT2D eigenvalue weighted by Crippen LogP contribution is 2.04. The lowest BCUT2D eigenvalue weighted by Crippen LogP contribution is -2.07. The lowest BCUT2D eigenvalue weighted by atomic mass is 9.91. The van der Waals surface area contributed by atoms with E-state index in [2.05, 4.69) is 15.9 Å². The normalized spacial score (nSPS) is 10.0. The summed E-state index contributed by atoms with van der Waals surface area (Å²) in [7, 11) is 1.80. The van der Waals surface area contributed by atoms with Crippen molar-refractivity contribution in [1.29, 1.82) is 0 Å². The summed E-state index contributed by atoms with van der Waals surface area (Å²) >= 11 is 3.39. The van der Waals surface area contributed by atoms with Gasteiger partial charge in [0.2, 0.25) is 0 Å². The van der Waals surface area contributed by atoms with Crippen molar-refractivity contribution in [2.45, 2.75) is 32.0 Å². The summed E-state index contributed by atoms with van der Waals surface area (Å²) in [6.45, 7) is 0.307. The molecule has 2 nitrogen and oxygen atoms in total. The van der Waals surface area contributed by atoms with Gasteiger partial charge in [-0.2, -0.15) is 0 Å². The molecule has 65 valence electrons. The van der Waals surface area contributed by atoms with Gasteiger partial charge in [0.15, 0.2) is 0 Å². The van der Waals surface area contributed by atoms with Gasteiger partial charge in [0.25, 0.3) is 7.48 Å². The number of hydrogen-bond donors (Lipinski definition) is 1. The van der Waals surface area contributed by atoms with E-state index < -0.39 is 0 Å². The molecule has 0 bridgehead atoms. The van der Waals surface area contributed by atoms with Crippen LogP contribution in [0.1, 0.15) is 25.7 Å². The van der Waals surface area contributed by atoms with Crippen molar-refractivity contribution in [2.24, 2.45) is 5.73 Å². The molecular formula is C7H16BBrNO. The number of unbranched alkanes of at least 4 members (excludes halogenated alkanes) is 3. The Morgan fingerprint density at radius 1 is 1.18 bits per heavy atom. The highest BCUT2D eigenvalue weighted by atomic mass is 79.9. The predicted octanol–water partition coefficient (Wildman–Crippen LogP) is 1.91. The Hall–Kier alpha value is 0.465. The standard InChI is InChI=1S/C7H16BBrNO/c9-6-4-2-1-3-5-8-11-7-10/h1-7,10H2. The van der Waals surface area contributed by atoms with Crippen LogP contribution in [0, 0.1) is 0 Å². The van der Waals surface area contributed by atoms with Crippen LogP contribution in [-0.4, -0.2) is 19.5 Å². The lowest BCUT2D eigenvalue weighted by Gasteiger charge is -1.98. The molecule has 0 amide bonds. The van der Waals surface area contributed by atoms with Crippen LogP contribution in [0.15, 0.2) is 0 Å². The monoisotopic (exact) mass is 220 g/mol. The SMILES string of the molecule is NCO[B]CCCCCCBr. The first-order valence-corrected chi connectivity index (χ1v) is 5.23. The van der Waals surface area contributed by atoms with E-state index in [0.717, 1.165) is 11.7 Å². The first kappa shape index (κ1) is 11.5. The van der Waals surface area contributed by atoms with Gasteiger partial charge >= 0.3 is 0 Å². The van der Waals surface area contributed by atoms with Gasteiger partial charge < -0.3 is 10.4 Å². The fourth-order valence-electron chi connectivity index (χ4n) is 0.827. The van der Waals surface area contributed by atoms with E-state index in [1.54, 1.807) is 7.48 Å². The second-order valence-corrected chi connectivity index (χ2v) is 3.18. The number of halogens is 1. The minimum atomic E-state index is 0.307. The Morgan fingerprint density at radius 2 is 1.91 bits per heavy atom. The predicted molar refractivity (Wildman–Crippen MR) is 53.0 cm³/mol. The summed E-state index contributed by atoms with van der Waals surface area (Å²) in [5.41, 5.74) is 5.13. The van der Waals surface area contributed by atoms with Gasteiger partial charge in [-0.05, 0) is 6.42 Å². The summed E-state index contributed by atoms with van der Waals surface area (Å²) in [4.78, 5) is 0. The first-order chi connectivity index (χ1) is 5.41.